The summed E-state index contributed by atoms with van der Waals surface area (Å²) in [4.78, 5) is 0. The van der Waals surface area contributed by atoms with Gasteiger partial charge in [0, 0.05) is 6.42 Å². The molecule has 0 bridgehead atoms. The molecule has 0 saturated heterocycles. The van der Waals surface area contributed by atoms with Crippen LogP contribution in [0.4, 0.5) is 0 Å². The standard InChI is InChI=1S/C22H30O/c1-3-5-8-12-20-13-15-21(16-14-20)23-22(17-9-6-4-2)18-10-7-11-19-22/h7,9-11,13-18H,3-6,8,12,19H2,1-2H3. The molecule has 1 nitrogen and oxygen atoms in total. The lowest BCUT2D eigenvalue weighted by Crippen LogP contribution is -2.31. The molecule has 1 aromatic carbocycles. The Morgan fingerprint density at radius 1 is 1.04 bits per heavy atom. The van der Waals surface area contributed by atoms with E-state index in [-0.39, 0.29) is 5.60 Å². The number of rotatable bonds is 9. The molecule has 0 saturated carbocycles. The molecule has 1 aromatic rings. The van der Waals surface area contributed by atoms with Crippen molar-refractivity contribution in [2.24, 2.45) is 0 Å². The summed E-state index contributed by atoms with van der Waals surface area (Å²) >= 11 is 0. The number of allylic oxidation sites excluding steroid dienone is 3. The van der Waals surface area contributed by atoms with Crippen LogP contribution in [-0.4, -0.2) is 5.60 Å². The van der Waals surface area contributed by atoms with Crippen molar-refractivity contribution in [2.45, 2.75) is 64.4 Å². The number of benzene rings is 1. The van der Waals surface area contributed by atoms with E-state index >= 15 is 0 Å². The van der Waals surface area contributed by atoms with Crippen LogP contribution >= 0.6 is 0 Å². The fourth-order valence-electron chi connectivity index (χ4n) is 2.82. The van der Waals surface area contributed by atoms with Crippen LogP contribution in [0.25, 0.3) is 0 Å². The molecule has 1 atom stereocenters. The zero-order chi connectivity index (χ0) is 16.4. The highest BCUT2D eigenvalue weighted by Gasteiger charge is 2.26. The number of hydrogen-bond acceptors (Lipinski definition) is 1. The second kappa shape index (κ2) is 9.39. The Morgan fingerprint density at radius 2 is 1.87 bits per heavy atom. The van der Waals surface area contributed by atoms with Crippen LogP contribution in [0.3, 0.4) is 0 Å². The molecule has 2 rings (SSSR count). The number of ether oxygens (including phenoxy) is 1. The molecule has 0 aliphatic heterocycles. The molecule has 0 amide bonds. The molecule has 1 aliphatic rings. The summed E-state index contributed by atoms with van der Waals surface area (Å²) in [6, 6.07) is 8.64. The van der Waals surface area contributed by atoms with Crippen molar-refractivity contribution in [3.63, 3.8) is 0 Å². The SMILES string of the molecule is CCCC=CC1(Oc2ccc(CCCCC)cc2)C=CC=CC1. The van der Waals surface area contributed by atoms with Gasteiger partial charge in [-0.1, -0.05) is 69.5 Å². The van der Waals surface area contributed by atoms with Gasteiger partial charge in [0.25, 0.3) is 0 Å². The fourth-order valence-corrected chi connectivity index (χ4v) is 2.82. The third kappa shape index (κ3) is 5.74. The van der Waals surface area contributed by atoms with Crippen molar-refractivity contribution in [3.8, 4) is 5.75 Å². The lowest BCUT2D eigenvalue weighted by molar-refractivity contribution is 0.173. The van der Waals surface area contributed by atoms with Gasteiger partial charge in [-0.3, -0.25) is 0 Å². The lowest BCUT2D eigenvalue weighted by atomic mass is 9.94. The smallest absolute Gasteiger partial charge is 0.149 e. The molecule has 1 aliphatic carbocycles. The van der Waals surface area contributed by atoms with Crippen LogP contribution in [-0.2, 0) is 6.42 Å². The van der Waals surface area contributed by atoms with E-state index in [1.54, 1.807) is 0 Å². The van der Waals surface area contributed by atoms with Gasteiger partial charge in [0.1, 0.15) is 11.4 Å². The maximum absolute atomic E-state index is 6.35. The number of unbranched alkanes of at least 4 members (excludes halogenated alkanes) is 3. The monoisotopic (exact) mass is 310 g/mol. The van der Waals surface area contributed by atoms with E-state index in [0.29, 0.717) is 0 Å². The Morgan fingerprint density at radius 3 is 2.52 bits per heavy atom. The molecule has 0 fully saturated rings. The summed E-state index contributed by atoms with van der Waals surface area (Å²) in [7, 11) is 0. The first kappa shape index (κ1) is 17.6. The van der Waals surface area contributed by atoms with Gasteiger partial charge in [-0.15, -0.1) is 0 Å². The highest BCUT2D eigenvalue weighted by Crippen LogP contribution is 2.28. The molecule has 23 heavy (non-hydrogen) atoms. The topological polar surface area (TPSA) is 9.23 Å². The summed E-state index contributed by atoms with van der Waals surface area (Å²) in [5.74, 6) is 0.949. The number of aryl methyl sites for hydroxylation is 1. The molecule has 0 N–H and O–H groups in total. The average Bonchev–Trinajstić information content (AvgIpc) is 2.58. The van der Waals surface area contributed by atoms with Gasteiger partial charge in [0.15, 0.2) is 0 Å². The van der Waals surface area contributed by atoms with Crippen LogP contribution in [0.5, 0.6) is 5.75 Å². The van der Waals surface area contributed by atoms with Gasteiger partial charge in [-0.2, -0.15) is 0 Å². The van der Waals surface area contributed by atoms with E-state index in [1.165, 1.54) is 31.2 Å². The maximum atomic E-state index is 6.35. The molecule has 0 aromatic heterocycles. The molecule has 0 spiro atoms. The maximum Gasteiger partial charge on any atom is 0.149 e. The molecular weight excluding hydrogens is 280 g/mol. The summed E-state index contributed by atoms with van der Waals surface area (Å²) in [6.45, 7) is 4.44. The normalized spacial score (nSPS) is 20.3. The van der Waals surface area contributed by atoms with Crippen molar-refractivity contribution in [3.05, 3.63) is 66.3 Å². The van der Waals surface area contributed by atoms with E-state index in [1.807, 2.05) is 0 Å². The minimum atomic E-state index is -0.326. The van der Waals surface area contributed by atoms with Crippen molar-refractivity contribution in [1.29, 1.82) is 0 Å². The Hall–Kier alpha value is -1.76. The molecule has 124 valence electrons. The molecule has 0 radical (unpaired) electrons. The van der Waals surface area contributed by atoms with Crippen molar-refractivity contribution in [1.82, 2.24) is 0 Å². The van der Waals surface area contributed by atoms with Crippen LogP contribution in [0.15, 0.2) is 60.7 Å². The first-order valence-corrected chi connectivity index (χ1v) is 9.08. The highest BCUT2D eigenvalue weighted by molar-refractivity contribution is 5.33. The second-order valence-electron chi connectivity index (χ2n) is 6.34. The van der Waals surface area contributed by atoms with E-state index in [2.05, 4.69) is 74.6 Å². The summed E-state index contributed by atoms with van der Waals surface area (Å²) in [6.07, 6.45) is 21.1. The molecule has 1 heteroatoms. The third-order valence-electron chi connectivity index (χ3n) is 4.22. The first-order valence-electron chi connectivity index (χ1n) is 9.08. The Balaban J connectivity index is 2.02. The van der Waals surface area contributed by atoms with Gasteiger partial charge < -0.3 is 4.74 Å². The minimum Gasteiger partial charge on any atom is -0.479 e. The van der Waals surface area contributed by atoms with Crippen LogP contribution in [0, 0.1) is 0 Å². The van der Waals surface area contributed by atoms with Gasteiger partial charge in [-0.25, -0.2) is 0 Å². The largest absolute Gasteiger partial charge is 0.479 e. The quantitative estimate of drug-likeness (QED) is 0.378. The Kier molecular flexibility index (Phi) is 7.19. The Labute approximate surface area is 141 Å². The van der Waals surface area contributed by atoms with Crippen LogP contribution in [0.1, 0.15) is 57.9 Å². The first-order chi connectivity index (χ1) is 11.3. The van der Waals surface area contributed by atoms with Crippen molar-refractivity contribution < 1.29 is 4.74 Å². The molecular formula is C22H30O. The van der Waals surface area contributed by atoms with E-state index in [4.69, 9.17) is 4.74 Å². The second-order valence-corrected chi connectivity index (χ2v) is 6.34. The number of hydrogen-bond donors (Lipinski definition) is 0. The van der Waals surface area contributed by atoms with E-state index < -0.39 is 0 Å². The van der Waals surface area contributed by atoms with Gasteiger partial charge in [-0.05, 0) is 49.1 Å². The van der Waals surface area contributed by atoms with Gasteiger partial charge >= 0.3 is 0 Å². The van der Waals surface area contributed by atoms with E-state index in [9.17, 15) is 0 Å². The van der Waals surface area contributed by atoms with Crippen molar-refractivity contribution >= 4 is 0 Å². The third-order valence-corrected chi connectivity index (χ3v) is 4.22. The van der Waals surface area contributed by atoms with Crippen LogP contribution < -0.4 is 4.74 Å². The molecule has 1 unspecified atom stereocenters. The zero-order valence-electron chi connectivity index (χ0n) is 14.6. The van der Waals surface area contributed by atoms with E-state index in [0.717, 1.165) is 25.0 Å². The lowest BCUT2D eigenvalue weighted by Gasteiger charge is -2.29. The predicted molar refractivity (Wildman–Crippen MR) is 100.0 cm³/mol. The summed E-state index contributed by atoms with van der Waals surface area (Å²) in [5, 5.41) is 0. The average molecular weight is 310 g/mol. The Bertz CT molecular complexity index is 536. The molecule has 0 heterocycles. The highest BCUT2D eigenvalue weighted by atomic mass is 16.5. The van der Waals surface area contributed by atoms with Crippen LogP contribution in [0.2, 0.25) is 0 Å². The predicted octanol–water partition coefficient (Wildman–Crippen LogP) is 6.41. The fraction of sp³-hybridized carbons (Fsp3) is 0.455. The van der Waals surface area contributed by atoms with Crippen molar-refractivity contribution in [2.75, 3.05) is 0 Å². The van der Waals surface area contributed by atoms with Gasteiger partial charge in [0.2, 0.25) is 0 Å². The van der Waals surface area contributed by atoms with Gasteiger partial charge in [0.05, 0.1) is 0 Å². The summed E-state index contributed by atoms with van der Waals surface area (Å²) in [5.41, 5.74) is 1.08. The summed E-state index contributed by atoms with van der Waals surface area (Å²) < 4.78 is 6.35. The minimum absolute atomic E-state index is 0.326. The zero-order valence-corrected chi connectivity index (χ0v) is 14.6.